The number of amides is 1. The molecule has 1 unspecified atom stereocenters. The lowest BCUT2D eigenvalue weighted by atomic mass is 9.82. The third-order valence-corrected chi connectivity index (χ3v) is 4.16. The second-order valence-electron chi connectivity index (χ2n) is 5.48. The molecule has 6 heteroatoms. The third kappa shape index (κ3) is 3.41. The molecule has 5 nitrogen and oxygen atoms in total. The van der Waals surface area contributed by atoms with Crippen LogP contribution < -0.4 is 20.1 Å². The van der Waals surface area contributed by atoms with Crippen molar-refractivity contribution in [1.29, 1.82) is 0 Å². The molecule has 1 fully saturated rings. The van der Waals surface area contributed by atoms with Crippen LogP contribution in [0, 0.1) is 5.41 Å². The van der Waals surface area contributed by atoms with Gasteiger partial charge < -0.3 is 20.1 Å². The zero-order chi connectivity index (χ0) is 15.5. The smallest absolute Gasteiger partial charge is 0.231 e. The van der Waals surface area contributed by atoms with Crippen LogP contribution >= 0.6 is 11.6 Å². The van der Waals surface area contributed by atoms with Crippen LogP contribution in [0.25, 0.3) is 0 Å². The van der Waals surface area contributed by atoms with E-state index in [0.717, 1.165) is 19.4 Å². The minimum absolute atomic E-state index is 0.0331. The summed E-state index contributed by atoms with van der Waals surface area (Å²) < 4.78 is 10.4. The number of carbonyl (C=O) groups excluding carboxylic acids is 1. The number of hydrogen-bond donors (Lipinski definition) is 2. The summed E-state index contributed by atoms with van der Waals surface area (Å²) in [4.78, 5) is 12.5. The van der Waals surface area contributed by atoms with Gasteiger partial charge in [-0.2, -0.15) is 0 Å². The Hall–Kier alpha value is -1.46. The quantitative estimate of drug-likeness (QED) is 0.897. The van der Waals surface area contributed by atoms with E-state index >= 15 is 0 Å². The van der Waals surface area contributed by atoms with Gasteiger partial charge in [-0.1, -0.05) is 11.6 Å². The first-order valence-electron chi connectivity index (χ1n) is 6.94. The number of hydrogen-bond acceptors (Lipinski definition) is 4. The largest absolute Gasteiger partial charge is 0.495 e. The Morgan fingerprint density at radius 3 is 2.62 bits per heavy atom. The molecular formula is C15H21ClN2O3. The summed E-state index contributed by atoms with van der Waals surface area (Å²) in [7, 11) is 3.08. The number of rotatable bonds is 4. The predicted octanol–water partition coefficient (Wildman–Crippen LogP) is 2.69. The van der Waals surface area contributed by atoms with Crippen molar-refractivity contribution in [2.24, 2.45) is 5.41 Å². The van der Waals surface area contributed by atoms with Crippen LogP contribution in [-0.4, -0.2) is 33.2 Å². The monoisotopic (exact) mass is 312 g/mol. The summed E-state index contributed by atoms with van der Waals surface area (Å²) in [5.41, 5.74) is 0.135. The van der Waals surface area contributed by atoms with E-state index in [1.807, 2.05) is 6.92 Å². The molecule has 0 spiro atoms. The number of methoxy groups -OCH3 is 2. The van der Waals surface area contributed by atoms with Crippen molar-refractivity contribution in [3.63, 3.8) is 0 Å². The van der Waals surface area contributed by atoms with Crippen LogP contribution in [0.4, 0.5) is 5.69 Å². The number of benzene rings is 1. The van der Waals surface area contributed by atoms with Gasteiger partial charge in [0.2, 0.25) is 5.91 Å². The number of halogens is 1. The maximum atomic E-state index is 12.5. The van der Waals surface area contributed by atoms with Crippen molar-refractivity contribution in [3.05, 3.63) is 17.2 Å². The summed E-state index contributed by atoms with van der Waals surface area (Å²) in [6.45, 7) is 3.59. The SMILES string of the molecule is COc1cc(OC)c(NC(=O)C2(C)CCCNC2)cc1Cl. The summed E-state index contributed by atoms with van der Waals surface area (Å²) in [5, 5.41) is 6.61. The van der Waals surface area contributed by atoms with E-state index in [9.17, 15) is 4.79 Å². The molecule has 1 heterocycles. The minimum atomic E-state index is -0.421. The Morgan fingerprint density at radius 1 is 1.33 bits per heavy atom. The normalized spacial score (nSPS) is 21.7. The lowest BCUT2D eigenvalue weighted by Gasteiger charge is -2.32. The van der Waals surface area contributed by atoms with Crippen molar-refractivity contribution >= 4 is 23.2 Å². The lowest BCUT2D eigenvalue weighted by Crippen LogP contribution is -2.46. The molecule has 1 saturated heterocycles. The van der Waals surface area contributed by atoms with E-state index in [4.69, 9.17) is 21.1 Å². The average Bonchev–Trinajstić information content (AvgIpc) is 2.48. The zero-order valence-electron chi connectivity index (χ0n) is 12.6. The Balaban J connectivity index is 2.22. The minimum Gasteiger partial charge on any atom is -0.495 e. The molecule has 1 amide bonds. The number of piperidine rings is 1. The van der Waals surface area contributed by atoms with E-state index in [0.29, 0.717) is 28.8 Å². The highest BCUT2D eigenvalue weighted by molar-refractivity contribution is 6.32. The highest BCUT2D eigenvalue weighted by Crippen LogP contribution is 2.37. The van der Waals surface area contributed by atoms with E-state index < -0.39 is 5.41 Å². The van der Waals surface area contributed by atoms with Crippen LogP contribution in [0.5, 0.6) is 11.5 Å². The van der Waals surface area contributed by atoms with E-state index in [2.05, 4.69) is 10.6 Å². The van der Waals surface area contributed by atoms with Gasteiger partial charge in [0.15, 0.2) is 0 Å². The Labute approximate surface area is 130 Å². The van der Waals surface area contributed by atoms with Crippen LogP contribution in [0.1, 0.15) is 19.8 Å². The van der Waals surface area contributed by atoms with Gasteiger partial charge in [-0.25, -0.2) is 0 Å². The molecule has 21 heavy (non-hydrogen) atoms. The summed E-state index contributed by atoms with van der Waals surface area (Å²) >= 11 is 6.12. The summed E-state index contributed by atoms with van der Waals surface area (Å²) in [6, 6.07) is 3.32. The topological polar surface area (TPSA) is 59.6 Å². The maximum absolute atomic E-state index is 12.5. The molecule has 2 rings (SSSR count). The Morgan fingerprint density at radius 2 is 2.05 bits per heavy atom. The predicted molar refractivity (Wildman–Crippen MR) is 83.4 cm³/mol. The molecule has 1 aliphatic rings. The molecule has 0 aliphatic carbocycles. The first-order valence-corrected chi connectivity index (χ1v) is 7.31. The molecule has 1 atom stereocenters. The second kappa shape index (κ2) is 6.54. The molecule has 116 valence electrons. The van der Waals surface area contributed by atoms with Gasteiger partial charge in [0.25, 0.3) is 0 Å². The highest BCUT2D eigenvalue weighted by atomic mass is 35.5. The van der Waals surface area contributed by atoms with E-state index in [1.54, 1.807) is 19.2 Å². The van der Waals surface area contributed by atoms with Crippen molar-refractivity contribution in [2.75, 3.05) is 32.6 Å². The number of nitrogens with one attached hydrogen (secondary N) is 2. The fourth-order valence-corrected chi connectivity index (χ4v) is 2.72. The molecule has 0 aromatic heterocycles. The number of anilines is 1. The maximum Gasteiger partial charge on any atom is 0.231 e. The Bertz CT molecular complexity index is 528. The van der Waals surface area contributed by atoms with Crippen molar-refractivity contribution in [1.82, 2.24) is 5.32 Å². The van der Waals surface area contributed by atoms with Crippen LogP contribution in [-0.2, 0) is 4.79 Å². The standard InChI is InChI=1S/C15H21ClN2O3/c1-15(5-4-6-17-9-15)14(19)18-11-7-10(16)12(20-2)8-13(11)21-3/h7-8,17H,4-6,9H2,1-3H3,(H,18,19). The van der Waals surface area contributed by atoms with Gasteiger partial charge in [0.1, 0.15) is 11.5 Å². The fourth-order valence-electron chi connectivity index (χ4n) is 2.48. The lowest BCUT2D eigenvalue weighted by molar-refractivity contribution is -0.125. The first kappa shape index (κ1) is 15.9. The van der Waals surface area contributed by atoms with Gasteiger partial charge >= 0.3 is 0 Å². The average molecular weight is 313 g/mol. The van der Waals surface area contributed by atoms with Gasteiger partial charge in [-0.05, 0) is 32.4 Å². The van der Waals surface area contributed by atoms with Gasteiger partial charge in [-0.3, -0.25) is 4.79 Å². The molecule has 0 bridgehead atoms. The molecule has 2 N–H and O–H groups in total. The van der Waals surface area contributed by atoms with Crippen LogP contribution in [0.15, 0.2) is 12.1 Å². The fraction of sp³-hybridized carbons (Fsp3) is 0.533. The Kier molecular flexibility index (Phi) is 4.96. The molecule has 0 radical (unpaired) electrons. The van der Waals surface area contributed by atoms with Crippen molar-refractivity contribution in [2.45, 2.75) is 19.8 Å². The van der Waals surface area contributed by atoms with Gasteiger partial charge in [-0.15, -0.1) is 0 Å². The summed E-state index contributed by atoms with van der Waals surface area (Å²) in [6.07, 6.45) is 1.85. The number of carbonyl (C=O) groups is 1. The summed E-state index contributed by atoms with van der Waals surface area (Å²) in [5.74, 6) is 1.00. The van der Waals surface area contributed by atoms with Crippen LogP contribution in [0.2, 0.25) is 5.02 Å². The third-order valence-electron chi connectivity index (χ3n) is 3.87. The van der Waals surface area contributed by atoms with Crippen molar-refractivity contribution < 1.29 is 14.3 Å². The van der Waals surface area contributed by atoms with Gasteiger partial charge in [0, 0.05) is 12.6 Å². The van der Waals surface area contributed by atoms with E-state index in [1.165, 1.54) is 7.11 Å². The van der Waals surface area contributed by atoms with Crippen molar-refractivity contribution in [3.8, 4) is 11.5 Å². The molecule has 1 aromatic rings. The highest BCUT2D eigenvalue weighted by Gasteiger charge is 2.35. The molecular weight excluding hydrogens is 292 g/mol. The van der Waals surface area contributed by atoms with Crippen LogP contribution in [0.3, 0.4) is 0 Å². The zero-order valence-corrected chi connectivity index (χ0v) is 13.3. The second-order valence-corrected chi connectivity index (χ2v) is 5.89. The molecule has 1 aliphatic heterocycles. The first-order chi connectivity index (χ1) is 10.00. The van der Waals surface area contributed by atoms with Gasteiger partial charge in [0.05, 0.1) is 30.3 Å². The molecule has 0 saturated carbocycles. The van der Waals surface area contributed by atoms with E-state index in [-0.39, 0.29) is 5.91 Å². The molecule has 1 aromatic carbocycles. The number of ether oxygens (including phenoxy) is 2.